The van der Waals surface area contributed by atoms with Crippen molar-refractivity contribution in [3.05, 3.63) is 16.4 Å². The molecule has 0 aliphatic heterocycles. The van der Waals surface area contributed by atoms with E-state index in [2.05, 4.69) is 24.3 Å². The SMILES string of the molecule is Cc1nn(C)c(Cl)c1CNCC(Cl)CC(C)C. The summed E-state index contributed by atoms with van der Waals surface area (Å²) in [5.41, 5.74) is 2.03. The molecule has 3 nitrogen and oxygen atoms in total. The van der Waals surface area contributed by atoms with Crippen LogP contribution in [0.25, 0.3) is 0 Å². The van der Waals surface area contributed by atoms with Crippen LogP contribution in [-0.4, -0.2) is 21.7 Å². The highest BCUT2D eigenvalue weighted by Gasteiger charge is 2.12. The first-order chi connectivity index (χ1) is 7.91. The summed E-state index contributed by atoms with van der Waals surface area (Å²) in [7, 11) is 1.85. The van der Waals surface area contributed by atoms with E-state index in [1.54, 1.807) is 4.68 Å². The number of hydrogen-bond acceptors (Lipinski definition) is 2. The van der Waals surface area contributed by atoms with Gasteiger partial charge < -0.3 is 5.32 Å². The van der Waals surface area contributed by atoms with Gasteiger partial charge in [-0.15, -0.1) is 11.6 Å². The van der Waals surface area contributed by atoms with E-state index in [-0.39, 0.29) is 5.38 Å². The second kappa shape index (κ2) is 6.62. The average Bonchev–Trinajstić information content (AvgIpc) is 2.43. The lowest BCUT2D eigenvalue weighted by molar-refractivity contribution is 0.533. The summed E-state index contributed by atoms with van der Waals surface area (Å²) < 4.78 is 1.69. The number of rotatable bonds is 6. The van der Waals surface area contributed by atoms with Gasteiger partial charge in [0.2, 0.25) is 0 Å². The van der Waals surface area contributed by atoms with Gasteiger partial charge in [-0.1, -0.05) is 25.4 Å². The maximum absolute atomic E-state index is 6.21. The Kier molecular flexibility index (Phi) is 5.77. The normalized spacial score (nSPS) is 13.4. The van der Waals surface area contributed by atoms with Crippen LogP contribution in [0, 0.1) is 12.8 Å². The van der Waals surface area contributed by atoms with Crippen LogP contribution in [0.15, 0.2) is 0 Å². The van der Waals surface area contributed by atoms with Crippen LogP contribution in [0.4, 0.5) is 0 Å². The molecule has 1 atom stereocenters. The van der Waals surface area contributed by atoms with Crippen molar-refractivity contribution in [1.82, 2.24) is 15.1 Å². The maximum atomic E-state index is 6.21. The molecule has 5 heteroatoms. The lowest BCUT2D eigenvalue weighted by Gasteiger charge is -2.12. The first kappa shape index (κ1) is 14.8. The van der Waals surface area contributed by atoms with Gasteiger partial charge in [-0.2, -0.15) is 5.10 Å². The van der Waals surface area contributed by atoms with E-state index in [9.17, 15) is 0 Å². The number of aryl methyl sites for hydroxylation is 2. The summed E-state index contributed by atoms with van der Waals surface area (Å²) in [6.07, 6.45) is 1.02. The maximum Gasteiger partial charge on any atom is 0.131 e. The molecule has 1 aromatic rings. The Morgan fingerprint density at radius 3 is 2.53 bits per heavy atom. The Balaban J connectivity index is 2.41. The van der Waals surface area contributed by atoms with Crippen molar-refractivity contribution >= 4 is 23.2 Å². The van der Waals surface area contributed by atoms with Gasteiger partial charge in [0.1, 0.15) is 5.15 Å². The van der Waals surface area contributed by atoms with E-state index in [1.807, 2.05) is 14.0 Å². The fourth-order valence-corrected chi connectivity index (χ4v) is 2.53. The highest BCUT2D eigenvalue weighted by molar-refractivity contribution is 6.30. The van der Waals surface area contributed by atoms with Crippen molar-refractivity contribution in [2.45, 2.75) is 39.1 Å². The van der Waals surface area contributed by atoms with Crippen LogP contribution in [0.1, 0.15) is 31.5 Å². The number of alkyl halides is 1. The molecule has 0 bridgehead atoms. The smallest absolute Gasteiger partial charge is 0.131 e. The summed E-state index contributed by atoms with van der Waals surface area (Å²) >= 11 is 12.4. The molecule has 0 aromatic carbocycles. The van der Waals surface area contributed by atoms with E-state index in [4.69, 9.17) is 23.2 Å². The van der Waals surface area contributed by atoms with Crippen LogP contribution >= 0.6 is 23.2 Å². The molecule has 0 aliphatic rings. The molecule has 0 aliphatic carbocycles. The predicted molar refractivity (Wildman–Crippen MR) is 73.8 cm³/mol. The number of hydrogen-bond donors (Lipinski definition) is 1. The predicted octanol–water partition coefficient (Wildman–Crippen LogP) is 3.13. The van der Waals surface area contributed by atoms with Crippen LogP contribution in [0.3, 0.4) is 0 Å². The Bertz CT molecular complexity index is 361. The first-order valence-electron chi connectivity index (χ1n) is 5.94. The highest BCUT2D eigenvalue weighted by atomic mass is 35.5. The lowest BCUT2D eigenvalue weighted by atomic mass is 10.1. The first-order valence-corrected chi connectivity index (χ1v) is 6.76. The molecule has 1 aromatic heterocycles. The summed E-state index contributed by atoms with van der Waals surface area (Å²) in [4.78, 5) is 0. The monoisotopic (exact) mass is 277 g/mol. The van der Waals surface area contributed by atoms with E-state index in [0.717, 1.165) is 30.8 Å². The molecule has 0 amide bonds. The van der Waals surface area contributed by atoms with Crippen molar-refractivity contribution in [1.29, 1.82) is 0 Å². The van der Waals surface area contributed by atoms with Crippen molar-refractivity contribution < 1.29 is 0 Å². The third-order valence-electron chi connectivity index (χ3n) is 2.66. The van der Waals surface area contributed by atoms with Crippen molar-refractivity contribution in [2.24, 2.45) is 13.0 Å². The van der Waals surface area contributed by atoms with Gasteiger partial charge in [-0.3, -0.25) is 4.68 Å². The second-order valence-electron chi connectivity index (χ2n) is 4.84. The Hall–Kier alpha value is -0.250. The Labute approximate surface area is 113 Å². The lowest BCUT2D eigenvalue weighted by Crippen LogP contribution is -2.24. The Morgan fingerprint density at radius 2 is 2.06 bits per heavy atom. The van der Waals surface area contributed by atoms with Crippen molar-refractivity contribution in [2.75, 3.05) is 6.54 Å². The van der Waals surface area contributed by atoms with Crippen LogP contribution in [0.2, 0.25) is 5.15 Å². The second-order valence-corrected chi connectivity index (χ2v) is 5.81. The van der Waals surface area contributed by atoms with Crippen LogP contribution in [0.5, 0.6) is 0 Å². The van der Waals surface area contributed by atoms with Gasteiger partial charge in [0, 0.05) is 31.1 Å². The molecule has 0 saturated carbocycles. The van der Waals surface area contributed by atoms with Gasteiger partial charge in [-0.25, -0.2) is 0 Å². The minimum Gasteiger partial charge on any atom is -0.311 e. The van der Waals surface area contributed by atoms with E-state index < -0.39 is 0 Å². The van der Waals surface area contributed by atoms with Gasteiger partial charge in [0.05, 0.1) is 5.69 Å². The third-order valence-corrected chi connectivity index (χ3v) is 3.47. The molecular weight excluding hydrogens is 257 g/mol. The molecule has 1 rings (SSSR count). The largest absolute Gasteiger partial charge is 0.311 e. The Morgan fingerprint density at radius 1 is 1.41 bits per heavy atom. The molecule has 98 valence electrons. The standard InChI is InChI=1S/C12H21Cl2N3/c1-8(2)5-10(13)6-15-7-11-9(3)16-17(4)12(11)14/h8,10,15H,5-7H2,1-4H3. The summed E-state index contributed by atoms with van der Waals surface area (Å²) in [5, 5.41) is 8.47. The van der Waals surface area contributed by atoms with E-state index in [0.29, 0.717) is 11.1 Å². The zero-order chi connectivity index (χ0) is 13.0. The van der Waals surface area contributed by atoms with Gasteiger partial charge in [0.15, 0.2) is 0 Å². The van der Waals surface area contributed by atoms with Crippen LogP contribution < -0.4 is 5.32 Å². The average molecular weight is 278 g/mol. The fourth-order valence-electron chi connectivity index (χ4n) is 1.82. The van der Waals surface area contributed by atoms with Crippen molar-refractivity contribution in [3.63, 3.8) is 0 Å². The molecule has 1 N–H and O–H groups in total. The molecule has 0 spiro atoms. The van der Waals surface area contributed by atoms with Crippen molar-refractivity contribution in [3.8, 4) is 0 Å². The van der Waals surface area contributed by atoms with Gasteiger partial charge >= 0.3 is 0 Å². The number of nitrogens with one attached hydrogen (secondary N) is 1. The topological polar surface area (TPSA) is 29.9 Å². The van der Waals surface area contributed by atoms with E-state index >= 15 is 0 Å². The molecule has 0 saturated heterocycles. The molecular formula is C12H21Cl2N3. The minimum absolute atomic E-state index is 0.172. The van der Waals surface area contributed by atoms with Gasteiger partial charge in [-0.05, 0) is 19.3 Å². The third kappa shape index (κ3) is 4.49. The number of halogens is 2. The van der Waals surface area contributed by atoms with Gasteiger partial charge in [0.25, 0.3) is 0 Å². The quantitative estimate of drug-likeness (QED) is 0.810. The summed E-state index contributed by atoms with van der Waals surface area (Å²) in [6.45, 7) is 7.84. The number of nitrogens with zero attached hydrogens (tertiary/aromatic N) is 2. The minimum atomic E-state index is 0.172. The number of aromatic nitrogens is 2. The molecule has 0 radical (unpaired) electrons. The summed E-state index contributed by atoms with van der Waals surface area (Å²) in [6, 6.07) is 0. The summed E-state index contributed by atoms with van der Waals surface area (Å²) in [5.74, 6) is 0.628. The van der Waals surface area contributed by atoms with Crippen LogP contribution in [-0.2, 0) is 13.6 Å². The zero-order valence-corrected chi connectivity index (χ0v) is 12.4. The van der Waals surface area contributed by atoms with E-state index in [1.165, 1.54) is 0 Å². The fraction of sp³-hybridized carbons (Fsp3) is 0.750. The molecule has 1 heterocycles. The zero-order valence-electron chi connectivity index (χ0n) is 10.9. The highest BCUT2D eigenvalue weighted by Crippen LogP contribution is 2.18. The molecule has 1 unspecified atom stereocenters. The molecule has 17 heavy (non-hydrogen) atoms. The molecule has 0 fully saturated rings.